The molecule has 0 bridgehead atoms. The number of thiophene rings is 1. The predicted molar refractivity (Wildman–Crippen MR) is 180 cm³/mol. The molecule has 0 aliphatic heterocycles. The van der Waals surface area contributed by atoms with Gasteiger partial charge in [-0.15, -0.1) is 11.3 Å². The van der Waals surface area contributed by atoms with Gasteiger partial charge in [-0.25, -0.2) is 19.3 Å². The summed E-state index contributed by atoms with van der Waals surface area (Å²) in [4.78, 5) is 15.0. The Balaban J connectivity index is 1.27. The Morgan fingerprint density at radius 3 is 1.80 bits per heavy atom. The van der Waals surface area contributed by atoms with Crippen molar-refractivity contribution in [2.75, 3.05) is 0 Å². The maximum absolute atomic E-state index is 15.3. The molecule has 44 heavy (non-hydrogen) atoms. The topological polar surface area (TPSA) is 38.7 Å². The molecule has 0 aliphatic rings. The minimum Gasteiger partial charge on any atom is -0.208 e. The third-order valence-electron chi connectivity index (χ3n) is 7.82. The second kappa shape index (κ2) is 11.0. The van der Waals surface area contributed by atoms with Crippen molar-refractivity contribution < 1.29 is 4.39 Å². The van der Waals surface area contributed by atoms with Crippen LogP contribution < -0.4 is 0 Å². The molecule has 0 unspecified atom stereocenters. The van der Waals surface area contributed by atoms with E-state index in [1.54, 1.807) is 17.4 Å². The molecular formula is C39H24FN3S. The van der Waals surface area contributed by atoms with Crippen LogP contribution in [0.3, 0.4) is 0 Å². The lowest BCUT2D eigenvalue weighted by atomic mass is 9.98. The molecule has 0 fully saturated rings. The fourth-order valence-electron chi connectivity index (χ4n) is 5.65. The van der Waals surface area contributed by atoms with Gasteiger partial charge in [0.15, 0.2) is 17.5 Å². The molecular weight excluding hydrogens is 562 g/mol. The first kappa shape index (κ1) is 26.1. The summed E-state index contributed by atoms with van der Waals surface area (Å²) in [5.74, 6) is 1.53. The van der Waals surface area contributed by atoms with E-state index < -0.39 is 0 Å². The van der Waals surface area contributed by atoms with Gasteiger partial charge in [0.2, 0.25) is 0 Å². The van der Waals surface area contributed by atoms with Gasteiger partial charge in [-0.05, 0) is 41.0 Å². The van der Waals surface area contributed by atoms with Crippen molar-refractivity contribution in [1.29, 1.82) is 0 Å². The molecule has 3 nitrogen and oxygen atoms in total. The smallest absolute Gasteiger partial charge is 0.165 e. The third-order valence-corrected chi connectivity index (χ3v) is 9.04. The van der Waals surface area contributed by atoms with Crippen molar-refractivity contribution in [3.63, 3.8) is 0 Å². The van der Waals surface area contributed by atoms with E-state index in [1.165, 1.54) is 15.5 Å². The Kier molecular flexibility index (Phi) is 6.51. The number of rotatable bonds is 5. The summed E-state index contributed by atoms with van der Waals surface area (Å²) in [5.41, 5.74) is 5.82. The lowest BCUT2D eigenvalue weighted by molar-refractivity contribution is 0.632. The van der Waals surface area contributed by atoms with Crippen molar-refractivity contribution in [3.8, 4) is 56.4 Å². The second-order valence-electron chi connectivity index (χ2n) is 10.6. The maximum atomic E-state index is 15.3. The van der Waals surface area contributed by atoms with Gasteiger partial charge in [0.1, 0.15) is 5.82 Å². The predicted octanol–water partition coefficient (Wildman–Crippen LogP) is 10.7. The van der Waals surface area contributed by atoms with Crippen LogP contribution in [0.2, 0.25) is 0 Å². The van der Waals surface area contributed by atoms with E-state index in [1.807, 2.05) is 97.1 Å². The van der Waals surface area contributed by atoms with Crippen LogP contribution in [0.25, 0.3) is 76.6 Å². The summed E-state index contributed by atoms with van der Waals surface area (Å²) in [6, 6.07) is 47.7. The Hall–Kier alpha value is -5.52. The van der Waals surface area contributed by atoms with Crippen LogP contribution in [0.5, 0.6) is 0 Å². The van der Waals surface area contributed by atoms with Gasteiger partial charge in [-0.2, -0.15) is 0 Å². The Labute approximate surface area is 258 Å². The molecule has 0 aliphatic carbocycles. The fraction of sp³-hybridized carbons (Fsp3) is 0. The van der Waals surface area contributed by atoms with Gasteiger partial charge in [0.05, 0.1) is 0 Å². The number of halogens is 1. The van der Waals surface area contributed by atoms with E-state index in [9.17, 15) is 0 Å². The average molecular weight is 586 g/mol. The number of aromatic nitrogens is 3. The zero-order valence-electron chi connectivity index (χ0n) is 23.5. The van der Waals surface area contributed by atoms with Crippen molar-refractivity contribution in [1.82, 2.24) is 15.0 Å². The average Bonchev–Trinajstić information content (AvgIpc) is 3.48. The first-order valence-corrected chi connectivity index (χ1v) is 15.2. The highest BCUT2D eigenvalue weighted by molar-refractivity contribution is 7.26. The molecule has 0 N–H and O–H groups in total. The number of benzene rings is 6. The summed E-state index contributed by atoms with van der Waals surface area (Å²) < 4.78 is 17.7. The molecule has 0 spiro atoms. The van der Waals surface area contributed by atoms with Crippen LogP contribution in [0, 0.1) is 5.82 Å². The summed E-state index contributed by atoms with van der Waals surface area (Å²) >= 11 is 1.75. The first-order valence-electron chi connectivity index (χ1n) is 14.4. The molecule has 8 aromatic rings. The molecule has 0 amide bonds. The largest absolute Gasteiger partial charge is 0.208 e. The lowest BCUT2D eigenvalue weighted by Crippen LogP contribution is -2.00. The molecule has 0 saturated heterocycles. The van der Waals surface area contributed by atoms with Crippen LogP contribution in [0.1, 0.15) is 0 Å². The van der Waals surface area contributed by atoms with Gasteiger partial charge < -0.3 is 0 Å². The normalized spacial score (nSPS) is 11.3. The Morgan fingerprint density at radius 1 is 0.409 bits per heavy atom. The summed E-state index contributed by atoms with van der Waals surface area (Å²) in [6.07, 6.45) is 0. The molecule has 2 aromatic heterocycles. The van der Waals surface area contributed by atoms with Crippen LogP contribution in [-0.4, -0.2) is 15.0 Å². The van der Waals surface area contributed by atoms with E-state index in [0.717, 1.165) is 38.1 Å². The molecule has 5 heteroatoms. The second-order valence-corrected chi connectivity index (χ2v) is 11.6. The van der Waals surface area contributed by atoms with Crippen molar-refractivity contribution in [2.24, 2.45) is 0 Å². The minimum atomic E-state index is -0.260. The Morgan fingerprint density at radius 2 is 1.00 bits per heavy atom. The summed E-state index contributed by atoms with van der Waals surface area (Å²) in [7, 11) is 0. The molecule has 0 atom stereocenters. The standard InChI is InChI=1S/C39H24FN3S/c40-34-24-28(21-22-30(34)25-11-3-1-4-12-25)27-15-9-16-29(23-27)38-41-37(26-13-5-2-6-14-26)42-39(43-38)33-19-10-18-32-31-17-7-8-20-35(31)44-36(32)33/h1-24H. The SMILES string of the molecule is Fc1cc(-c2cccc(-c3nc(-c4ccccc4)nc(-c4cccc5c4sc4ccccc45)n3)c2)ccc1-c1ccccc1. The quantitative estimate of drug-likeness (QED) is 0.202. The number of fused-ring (bicyclic) bond motifs is 3. The number of hydrogen-bond acceptors (Lipinski definition) is 4. The monoisotopic (exact) mass is 585 g/mol. The van der Waals surface area contributed by atoms with Gasteiger partial charge in [0, 0.05) is 42.4 Å². The van der Waals surface area contributed by atoms with E-state index in [0.29, 0.717) is 23.0 Å². The molecule has 6 aromatic carbocycles. The Bertz CT molecular complexity index is 2300. The first-order chi connectivity index (χ1) is 21.7. The van der Waals surface area contributed by atoms with E-state index >= 15 is 4.39 Å². The summed E-state index contributed by atoms with van der Waals surface area (Å²) in [6.45, 7) is 0. The van der Waals surface area contributed by atoms with Crippen LogP contribution in [0.4, 0.5) is 4.39 Å². The fourth-order valence-corrected chi connectivity index (χ4v) is 6.86. The van der Waals surface area contributed by atoms with Crippen molar-refractivity contribution in [2.45, 2.75) is 0 Å². The third kappa shape index (κ3) is 4.74. The van der Waals surface area contributed by atoms with Gasteiger partial charge >= 0.3 is 0 Å². The van der Waals surface area contributed by atoms with Gasteiger partial charge in [-0.3, -0.25) is 0 Å². The molecule has 8 rings (SSSR count). The highest BCUT2D eigenvalue weighted by Crippen LogP contribution is 2.39. The van der Waals surface area contributed by atoms with Crippen LogP contribution in [0.15, 0.2) is 146 Å². The number of nitrogens with zero attached hydrogens (tertiary/aromatic N) is 3. The highest BCUT2D eigenvalue weighted by atomic mass is 32.1. The number of hydrogen-bond donors (Lipinski definition) is 0. The lowest BCUT2D eigenvalue weighted by Gasteiger charge is -2.11. The van der Waals surface area contributed by atoms with Crippen LogP contribution in [-0.2, 0) is 0 Å². The molecule has 0 saturated carbocycles. The van der Waals surface area contributed by atoms with Gasteiger partial charge in [-0.1, -0.05) is 121 Å². The van der Waals surface area contributed by atoms with E-state index in [4.69, 9.17) is 15.0 Å². The van der Waals surface area contributed by atoms with Gasteiger partial charge in [0.25, 0.3) is 0 Å². The zero-order valence-corrected chi connectivity index (χ0v) is 24.3. The zero-order chi connectivity index (χ0) is 29.5. The highest BCUT2D eigenvalue weighted by Gasteiger charge is 2.17. The maximum Gasteiger partial charge on any atom is 0.165 e. The van der Waals surface area contributed by atoms with Crippen LogP contribution >= 0.6 is 11.3 Å². The van der Waals surface area contributed by atoms with E-state index in [-0.39, 0.29) is 5.82 Å². The molecule has 2 heterocycles. The molecule has 0 radical (unpaired) electrons. The van der Waals surface area contributed by atoms with Crippen molar-refractivity contribution >= 4 is 31.5 Å². The van der Waals surface area contributed by atoms with Crippen molar-refractivity contribution in [3.05, 3.63) is 151 Å². The molecule has 208 valence electrons. The van der Waals surface area contributed by atoms with E-state index in [2.05, 4.69) is 42.5 Å². The summed E-state index contributed by atoms with van der Waals surface area (Å²) in [5, 5.41) is 2.42. The minimum absolute atomic E-state index is 0.260.